The molecule has 106 valence electrons. The van der Waals surface area contributed by atoms with E-state index in [0.717, 1.165) is 18.3 Å². The average Bonchev–Trinajstić information content (AvgIpc) is 2.32. The van der Waals surface area contributed by atoms with Gasteiger partial charge in [-0.2, -0.15) is 13.2 Å². The predicted molar refractivity (Wildman–Crippen MR) is 62.7 cm³/mol. The Morgan fingerprint density at radius 3 is 2.74 bits per heavy atom. The molecule has 2 atom stereocenters. The number of nitrogens with zero attached hydrogens (tertiary/aromatic N) is 2. The molecule has 1 aliphatic heterocycles. The van der Waals surface area contributed by atoms with Crippen LogP contribution in [0, 0.1) is 0 Å². The Kier molecular flexibility index (Phi) is 3.44. The van der Waals surface area contributed by atoms with Gasteiger partial charge in [-0.3, -0.25) is 0 Å². The number of rotatable bonds is 1. The molecule has 19 heavy (non-hydrogen) atoms. The number of pyridine rings is 1. The van der Waals surface area contributed by atoms with E-state index in [1.807, 2.05) is 0 Å². The summed E-state index contributed by atoms with van der Waals surface area (Å²) >= 11 is 0. The van der Waals surface area contributed by atoms with Crippen LogP contribution in [0.3, 0.4) is 0 Å². The second kappa shape index (κ2) is 4.64. The summed E-state index contributed by atoms with van der Waals surface area (Å²) in [6.07, 6.45) is -4.07. The lowest BCUT2D eigenvalue weighted by atomic mass is 9.91. The maximum atomic E-state index is 12.6. The van der Waals surface area contributed by atoms with Gasteiger partial charge in [0.25, 0.3) is 0 Å². The van der Waals surface area contributed by atoms with E-state index < -0.39 is 23.4 Å². The number of aliphatic hydroxyl groups is 2. The van der Waals surface area contributed by atoms with Crippen LogP contribution in [0.5, 0.6) is 0 Å². The molecular weight excluding hydrogens is 261 g/mol. The molecule has 1 aromatic heterocycles. The quantitative estimate of drug-likeness (QED) is 0.814. The molecule has 2 N–H and O–H groups in total. The highest BCUT2D eigenvalue weighted by Crippen LogP contribution is 2.32. The molecule has 0 radical (unpaired) electrons. The third kappa shape index (κ3) is 2.98. The van der Waals surface area contributed by atoms with Crippen molar-refractivity contribution in [3.8, 4) is 0 Å². The molecule has 0 bridgehead atoms. The van der Waals surface area contributed by atoms with Gasteiger partial charge >= 0.3 is 6.18 Å². The zero-order valence-corrected chi connectivity index (χ0v) is 10.4. The Morgan fingerprint density at radius 2 is 2.16 bits per heavy atom. The molecule has 1 aromatic rings. The first kappa shape index (κ1) is 14.1. The van der Waals surface area contributed by atoms with Crippen LogP contribution in [0.25, 0.3) is 0 Å². The van der Waals surface area contributed by atoms with Gasteiger partial charge in [0.1, 0.15) is 5.82 Å². The number of alkyl halides is 3. The van der Waals surface area contributed by atoms with Gasteiger partial charge in [-0.05, 0) is 25.5 Å². The van der Waals surface area contributed by atoms with Crippen molar-refractivity contribution in [1.82, 2.24) is 4.98 Å². The number of aliphatic hydroxyl groups excluding tert-OH is 1. The van der Waals surface area contributed by atoms with Gasteiger partial charge in [0, 0.05) is 19.3 Å². The van der Waals surface area contributed by atoms with E-state index in [2.05, 4.69) is 4.98 Å². The summed E-state index contributed by atoms with van der Waals surface area (Å²) in [7, 11) is 0. The van der Waals surface area contributed by atoms with E-state index in [4.69, 9.17) is 0 Å². The Hall–Kier alpha value is -1.34. The molecule has 1 fully saturated rings. The van der Waals surface area contributed by atoms with Gasteiger partial charge in [-0.15, -0.1) is 0 Å². The molecule has 1 aliphatic rings. The molecule has 4 nitrogen and oxygen atoms in total. The number of halogens is 3. The first-order valence-corrected chi connectivity index (χ1v) is 5.89. The molecule has 0 aliphatic carbocycles. The minimum Gasteiger partial charge on any atom is -0.388 e. The highest BCUT2D eigenvalue weighted by molar-refractivity contribution is 5.43. The Morgan fingerprint density at radius 1 is 1.47 bits per heavy atom. The molecule has 0 spiro atoms. The number of hydrogen-bond acceptors (Lipinski definition) is 4. The normalized spacial score (nSPS) is 28.5. The number of piperidine rings is 1. The van der Waals surface area contributed by atoms with E-state index in [0.29, 0.717) is 6.54 Å². The number of anilines is 1. The van der Waals surface area contributed by atoms with E-state index >= 15 is 0 Å². The van der Waals surface area contributed by atoms with Crippen LogP contribution in [0.1, 0.15) is 18.9 Å². The molecule has 1 saturated heterocycles. The van der Waals surface area contributed by atoms with E-state index in [1.165, 1.54) is 11.8 Å². The van der Waals surface area contributed by atoms with Gasteiger partial charge in [0.05, 0.1) is 17.3 Å². The third-order valence-electron chi connectivity index (χ3n) is 3.40. The maximum absolute atomic E-state index is 12.6. The van der Waals surface area contributed by atoms with Crippen molar-refractivity contribution in [2.75, 3.05) is 18.0 Å². The van der Waals surface area contributed by atoms with Crippen LogP contribution in [-0.4, -0.2) is 40.0 Å². The monoisotopic (exact) mass is 276 g/mol. The largest absolute Gasteiger partial charge is 0.416 e. The Bertz CT molecular complexity index is 463. The fraction of sp³-hybridized carbons (Fsp3) is 0.583. The van der Waals surface area contributed by atoms with E-state index in [9.17, 15) is 23.4 Å². The van der Waals surface area contributed by atoms with Crippen LogP contribution in [0.4, 0.5) is 19.0 Å². The average molecular weight is 276 g/mol. The molecule has 2 rings (SSSR count). The molecule has 0 aromatic carbocycles. The molecule has 0 unspecified atom stereocenters. The van der Waals surface area contributed by atoms with Crippen molar-refractivity contribution in [1.29, 1.82) is 0 Å². The summed E-state index contributed by atoms with van der Waals surface area (Å²) < 4.78 is 37.8. The highest BCUT2D eigenvalue weighted by atomic mass is 19.4. The van der Waals surface area contributed by atoms with Crippen LogP contribution >= 0.6 is 0 Å². The zero-order chi connectivity index (χ0) is 14.3. The van der Waals surface area contributed by atoms with Gasteiger partial charge in [0.15, 0.2) is 0 Å². The Labute approximate surface area is 108 Å². The van der Waals surface area contributed by atoms with Crippen molar-refractivity contribution >= 4 is 5.82 Å². The zero-order valence-electron chi connectivity index (χ0n) is 10.4. The maximum Gasteiger partial charge on any atom is 0.416 e. The van der Waals surface area contributed by atoms with Gasteiger partial charge in [0.2, 0.25) is 0 Å². The molecule has 2 heterocycles. The van der Waals surface area contributed by atoms with Gasteiger partial charge in [-0.1, -0.05) is 0 Å². The van der Waals surface area contributed by atoms with Gasteiger partial charge < -0.3 is 15.1 Å². The summed E-state index contributed by atoms with van der Waals surface area (Å²) in [4.78, 5) is 5.43. The Balaban J connectivity index is 2.20. The molecule has 0 amide bonds. The van der Waals surface area contributed by atoms with Crippen LogP contribution in [-0.2, 0) is 6.18 Å². The SMILES string of the molecule is C[C@]1(O)CCN(c2cc(C(F)(F)F)ccn2)C[C@@H]1O. The smallest absolute Gasteiger partial charge is 0.388 e. The first-order chi connectivity index (χ1) is 8.70. The minimum atomic E-state index is -4.42. The van der Waals surface area contributed by atoms with Gasteiger partial charge in [-0.25, -0.2) is 4.98 Å². The highest BCUT2D eigenvalue weighted by Gasteiger charge is 2.37. The predicted octanol–water partition coefficient (Wildman–Crippen LogP) is 1.42. The van der Waals surface area contributed by atoms with Crippen molar-refractivity contribution < 1.29 is 23.4 Å². The molecular formula is C12H15F3N2O2. The van der Waals surface area contributed by atoms with Crippen molar-refractivity contribution in [2.24, 2.45) is 0 Å². The van der Waals surface area contributed by atoms with Crippen LogP contribution in [0.15, 0.2) is 18.3 Å². The topological polar surface area (TPSA) is 56.6 Å². The fourth-order valence-corrected chi connectivity index (χ4v) is 2.00. The second-order valence-electron chi connectivity index (χ2n) is 4.97. The minimum absolute atomic E-state index is 0.0569. The second-order valence-corrected chi connectivity index (χ2v) is 4.97. The van der Waals surface area contributed by atoms with Crippen molar-refractivity contribution in [3.63, 3.8) is 0 Å². The van der Waals surface area contributed by atoms with Crippen molar-refractivity contribution in [3.05, 3.63) is 23.9 Å². The number of aromatic nitrogens is 1. The van der Waals surface area contributed by atoms with Crippen molar-refractivity contribution in [2.45, 2.75) is 31.2 Å². The standard InChI is InChI=1S/C12H15F3N2O2/c1-11(19)3-5-17(7-9(11)18)10-6-8(2-4-16-10)12(13,14)15/h2,4,6,9,18-19H,3,5,7H2,1H3/t9-,11-/m0/s1. The summed E-state index contributed by atoms with van der Waals surface area (Å²) in [5.41, 5.74) is -1.98. The number of hydrogen-bond donors (Lipinski definition) is 2. The summed E-state index contributed by atoms with van der Waals surface area (Å²) in [6, 6.07) is 1.85. The van der Waals surface area contributed by atoms with Crippen LogP contribution in [0.2, 0.25) is 0 Å². The lowest BCUT2D eigenvalue weighted by Gasteiger charge is -2.40. The summed E-state index contributed by atoms with van der Waals surface area (Å²) in [5, 5.41) is 19.6. The molecule has 0 saturated carbocycles. The summed E-state index contributed by atoms with van der Waals surface area (Å²) in [6.45, 7) is 1.91. The molecule has 7 heteroatoms. The lowest BCUT2D eigenvalue weighted by molar-refractivity contribution is -0.137. The third-order valence-corrected chi connectivity index (χ3v) is 3.40. The van der Waals surface area contributed by atoms with Crippen LogP contribution < -0.4 is 4.90 Å². The lowest BCUT2D eigenvalue weighted by Crippen LogP contribution is -2.54. The summed E-state index contributed by atoms with van der Waals surface area (Å²) in [5.74, 6) is 0.157. The number of β-amino-alcohol motifs (C(OH)–C–C–N with tert-alkyl or cyclic N) is 1. The fourth-order valence-electron chi connectivity index (χ4n) is 2.00. The van der Waals surface area contributed by atoms with E-state index in [-0.39, 0.29) is 18.8 Å². The first-order valence-electron chi connectivity index (χ1n) is 5.89. The van der Waals surface area contributed by atoms with E-state index in [1.54, 1.807) is 0 Å².